The van der Waals surface area contributed by atoms with Gasteiger partial charge in [0.15, 0.2) is 14.6 Å². The van der Waals surface area contributed by atoms with Gasteiger partial charge in [-0.1, -0.05) is 39.7 Å². The van der Waals surface area contributed by atoms with Crippen molar-refractivity contribution < 1.29 is 14.0 Å². The maximum Gasteiger partial charge on any atom is 0.254 e. The molecular weight excluding hydrogens is 392 g/mol. The highest BCUT2D eigenvalue weighted by molar-refractivity contribution is 6.74. The van der Waals surface area contributed by atoms with E-state index in [0.717, 1.165) is 48.4 Å². The summed E-state index contributed by atoms with van der Waals surface area (Å²) in [6.45, 7) is 11.9. The third kappa shape index (κ3) is 3.50. The van der Waals surface area contributed by atoms with E-state index in [1.54, 1.807) is 12.3 Å². The zero-order chi connectivity index (χ0) is 21.7. The Hall–Kier alpha value is -2.05. The largest absolute Gasteiger partial charge is 0.412 e. The number of carbonyl (C=O) groups is 2. The van der Waals surface area contributed by atoms with E-state index in [1.807, 2.05) is 17.0 Å². The molecule has 1 aliphatic heterocycles. The van der Waals surface area contributed by atoms with Crippen LogP contribution in [0.1, 0.15) is 72.7 Å². The van der Waals surface area contributed by atoms with E-state index in [1.165, 1.54) is 0 Å². The Morgan fingerprint density at radius 1 is 1.23 bits per heavy atom. The maximum absolute atomic E-state index is 13.5. The zero-order valence-electron chi connectivity index (χ0n) is 18.7. The average Bonchev–Trinajstić information content (AvgIpc) is 3.03. The first-order chi connectivity index (χ1) is 14.1. The summed E-state index contributed by atoms with van der Waals surface area (Å²) in [7, 11) is -1.94. The number of nitrogens with zero attached hydrogens (tertiary/aromatic N) is 2. The molecule has 5 nitrogen and oxygen atoms in total. The van der Waals surface area contributed by atoms with Gasteiger partial charge in [-0.3, -0.25) is 14.6 Å². The maximum atomic E-state index is 13.5. The summed E-state index contributed by atoms with van der Waals surface area (Å²) in [4.78, 5) is 31.6. The number of carbonyl (C=O) groups excluding carboxylic acids is 2. The predicted octanol–water partition coefficient (Wildman–Crippen LogP) is 5.34. The van der Waals surface area contributed by atoms with Gasteiger partial charge in [0.2, 0.25) is 0 Å². The minimum Gasteiger partial charge on any atom is -0.412 e. The second-order valence-corrected chi connectivity index (χ2v) is 15.0. The highest BCUT2D eigenvalue weighted by Gasteiger charge is 2.45. The van der Waals surface area contributed by atoms with Gasteiger partial charge in [-0.05, 0) is 43.1 Å². The molecule has 160 valence electrons. The van der Waals surface area contributed by atoms with Gasteiger partial charge in [-0.2, -0.15) is 0 Å². The van der Waals surface area contributed by atoms with Crippen molar-refractivity contribution in [2.45, 2.75) is 83.3 Å². The number of amides is 1. The van der Waals surface area contributed by atoms with Crippen molar-refractivity contribution in [2.24, 2.45) is 0 Å². The summed E-state index contributed by atoms with van der Waals surface area (Å²) in [6.07, 6.45) is 6.84. The molecule has 1 aromatic carbocycles. The molecule has 0 unspecified atom stereocenters. The Balaban J connectivity index is 1.69. The molecule has 1 aliphatic carbocycles. The number of hydrogen-bond donors (Lipinski definition) is 0. The third-order valence-corrected chi connectivity index (χ3v) is 11.8. The van der Waals surface area contributed by atoms with Gasteiger partial charge in [0.05, 0.1) is 17.7 Å². The zero-order valence-corrected chi connectivity index (χ0v) is 19.7. The van der Waals surface area contributed by atoms with Crippen LogP contribution in [0.5, 0.6) is 0 Å². The molecule has 2 aromatic rings. The minimum absolute atomic E-state index is 0.0105. The van der Waals surface area contributed by atoms with Crippen molar-refractivity contribution in [3.63, 3.8) is 0 Å². The van der Waals surface area contributed by atoms with E-state index >= 15 is 0 Å². The van der Waals surface area contributed by atoms with E-state index in [2.05, 4.69) is 38.8 Å². The fourth-order valence-electron chi connectivity index (χ4n) is 4.57. The number of pyridine rings is 1. The third-order valence-electron chi connectivity index (χ3n) is 7.30. The molecule has 4 rings (SSSR count). The Kier molecular flexibility index (Phi) is 5.35. The first kappa shape index (κ1) is 21.2. The van der Waals surface area contributed by atoms with Crippen molar-refractivity contribution in [1.29, 1.82) is 0 Å². The van der Waals surface area contributed by atoms with Crippen molar-refractivity contribution in [1.82, 2.24) is 9.88 Å². The Morgan fingerprint density at radius 3 is 2.67 bits per heavy atom. The first-order valence-corrected chi connectivity index (χ1v) is 13.9. The molecule has 2 aliphatic rings. The lowest BCUT2D eigenvalue weighted by Crippen LogP contribution is -2.53. The Labute approximate surface area is 179 Å². The van der Waals surface area contributed by atoms with Crippen molar-refractivity contribution in [3.05, 3.63) is 41.1 Å². The number of hydrogen-bond acceptors (Lipinski definition) is 4. The fraction of sp³-hybridized carbons (Fsp3) is 0.542. The Bertz CT molecular complexity index is 996. The van der Waals surface area contributed by atoms with Gasteiger partial charge < -0.3 is 9.33 Å². The molecular formula is C24H32N2O3Si. The molecule has 0 radical (unpaired) electrons. The Morgan fingerprint density at radius 2 is 1.97 bits per heavy atom. The summed E-state index contributed by atoms with van der Waals surface area (Å²) >= 11 is 0. The number of aromatic nitrogens is 1. The summed E-state index contributed by atoms with van der Waals surface area (Å²) < 4.78 is 6.82. The van der Waals surface area contributed by atoms with E-state index < -0.39 is 8.32 Å². The number of rotatable bonds is 4. The first-order valence-electron chi connectivity index (χ1n) is 11.0. The summed E-state index contributed by atoms with van der Waals surface area (Å²) in [5, 5.41) is 0.949. The molecule has 1 saturated carbocycles. The fourth-order valence-corrected chi connectivity index (χ4v) is 5.95. The molecule has 0 N–H and O–H groups in total. The van der Waals surface area contributed by atoms with Crippen LogP contribution in [-0.4, -0.2) is 42.5 Å². The van der Waals surface area contributed by atoms with Crippen LogP contribution in [0.4, 0.5) is 0 Å². The number of aldehydes is 1. The topological polar surface area (TPSA) is 59.5 Å². The molecule has 2 heterocycles. The van der Waals surface area contributed by atoms with Gasteiger partial charge in [0, 0.05) is 34.8 Å². The molecule has 1 fully saturated rings. The quantitative estimate of drug-likeness (QED) is 0.491. The highest BCUT2D eigenvalue weighted by Crippen LogP contribution is 2.41. The summed E-state index contributed by atoms with van der Waals surface area (Å²) in [6, 6.07) is 5.57. The summed E-state index contributed by atoms with van der Waals surface area (Å²) in [5.74, 6) is 0.0105. The summed E-state index contributed by atoms with van der Waals surface area (Å²) in [5.41, 5.74) is 2.87. The van der Waals surface area contributed by atoms with E-state index in [9.17, 15) is 9.59 Å². The van der Waals surface area contributed by atoms with Crippen LogP contribution in [0.15, 0.2) is 24.4 Å². The molecule has 6 heteroatoms. The van der Waals surface area contributed by atoms with Crippen LogP contribution >= 0.6 is 0 Å². The molecule has 2 atom stereocenters. The van der Waals surface area contributed by atoms with Crippen molar-refractivity contribution >= 4 is 31.4 Å². The van der Waals surface area contributed by atoms with Crippen LogP contribution in [-0.2, 0) is 11.0 Å². The molecule has 1 amide bonds. The number of fused-ring (bicyclic) bond motifs is 3. The van der Waals surface area contributed by atoms with E-state index in [4.69, 9.17) is 4.43 Å². The molecule has 30 heavy (non-hydrogen) atoms. The standard InChI is InChI=1S/C24H32N2O3Si/c1-24(2,3)30(4,5)29-21-11-7-6-10-20(21)26-14-19-18(23(26)28)13-16(15-27)17-9-8-12-25-22(17)19/h8-9,12-13,15,20-21H,6-7,10-11,14H2,1-5H3/t20-,21-/m0/s1. The van der Waals surface area contributed by atoms with Gasteiger partial charge in [-0.25, -0.2) is 0 Å². The number of benzene rings is 1. The molecule has 0 bridgehead atoms. The van der Waals surface area contributed by atoms with Gasteiger partial charge >= 0.3 is 0 Å². The van der Waals surface area contributed by atoms with Crippen LogP contribution in [0.3, 0.4) is 0 Å². The van der Waals surface area contributed by atoms with E-state index in [0.29, 0.717) is 17.7 Å². The predicted molar refractivity (Wildman–Crippen MR) is 121 cm³/mol. The monoisotopic (exact) mass is 424 g/mol. The van der Waals surface area contributed by atoms with Crippen molar-refractivity contribution in [2.75, 3.05) is 0 Å². The van der Waals surface area contributed by atoms with E-state index in [-0.39, 0.29) is 23.1 Å². The van der Waals surface area contributed by atoms with Crippen LogP contribution in [0.25, 0.3) is 10.9 Å². The van der Waals surface area contributed by atoms with Gasteiger partial charge in [-0.15, -0.1) is 0 Å². The molecule has 0 saturated heterocycles. The normalized spacial score (nSPS) is 22.4. The van der Waals surface area contributed by atoms with Crippen LogP contribution in [0, 0.1) is 0 Å². The van der Waals surface area contributed by atoms with Crippen LogP contribution in [0.2, 0.25) is 18.1 Å². The average molecular weight is 425 g/mol. The second kappa shape index (κ2) is 7.57. The van der Waals surface area contributed by atoms with Crippen LogP contribution < -0.4 is 0 Å². The van der Waals surface area contributed by atoms with Gasteiger partial charge in [0.25, 0.3) is 5.91 Å². The SMILES string of the molecule is CC(C)(C)[Si](C)(C)O[C@H]1CCCC[C@@H]1N1Cc2c(cc(C=O)c3cccnc23)C1=O. The van der Waals surface area contributed by atoms with Crippen molar-refractivity contribution in [3.8, 4) is 0 Å². The molecule has 1 aromatic heterocycles. The second-order valence-electron chi connectivity index (χ2n) is 10.2. The lowest BCUT2D eigenvalue weighted by molar-refractivity contribution is 0.0244. The smallest absolute Gasteiger partial charge is 0.254 e. The van der Waals surface area contributed by atoms with Gasteiger partial charge in [0.1, 0.15) is 0 Å². The highest BCUT2D eigenvalue weighted by atomic mass is 28.4. The lowest BCUT2D eigenvalue weighted by atomic mass is 9.91. The minimum atomic E-state index is -1.94. The lowest BCUT2D eigenvalue weighted by Gasteiger charge is -2.45. The molecule has 0 spiro atoms.